The van der Waals surface area contributed by atoms with Crippen LogP contribution in [0.4, 0.5) is 15.8 Å². The van der Waals surface area contributed by atoms with E-state index in [1.165, 1.54) is 42.6 Å². The number of nitrogens with one attached hydrogen (secondary N) is 2. The smallest absolute Gasteiger partial charge is 0.264 e. The highest BCUT2D eigenvalue weighted by Gasteiger charge is 2.27. The van der Waals surface area contributed by atoms with Crippen LogP contribution >= 0.6 is 0 Å². The quantitative estimate of drug-likeness (QED) is 0.168. The molecule has 0 unspecified atom stereocenters. The van der Waals surface area contributed by atoms with Gasteiger partial charge in [-0.25, -0.2) is 18.2 Å². The van der Waals surface area contributed by atoms with Gasteiger partial charge in [-0.05, 0) is 89.8 Å². The first-order valence-corrected chi connectivity index (χ1v) is 14.8. The van der Waals surface area contributed by atoms with E-state index in [1.54, 1.807) is 54.6 Å². The molecule has 4 aromatic carbocycles. The van der Waals surface area contributed by atoms with Crippen molar-refractivity contribution in [2.45, 2.75) is 24.7 Å². The van der Waals surface area contributed by atoms with Crippen LogP contribution in [0.15, 0.2) is 113 Å². The summed E-state index contributed by atoms with van der Waals surface area (Å²) in [7, 11) is -4.03. The van der Waals surface area contributed by atoms with Crippen LogP contribution in [0.2, 0.25) is 0 Å². The summed E-state index contributed by atoms with van der Waals surface area (Å²) >= 11 is 0. The second kappa shape index (κ2) is 14.2. The third kappa shape index (κ3) is 8.73. The van der Waals surface area contributed by atoms with Crippen molar-refractivity contribution in [2.24, 2.45) is 5.10 Å². The first-order chi connectivity index (χ1) is 20.6. The first kappa shape index (κ1) is 30.9. The molecule has 0 spiro atoms. The number of hydrazone groups is 1. The predicted octanol–water partition coefficient (Wildman–Crippen LogP) is 5.31. The molecule has 43 heavy (non-hydrogen) atoms. The zero-order valence-electron chi connectivity index (χ0n) is 23.6. The lowest BCUT2D eigenvalue weighted by Crippen LogP contribution is -2.39. The number of amides is 2. The fraction of sp³-hybridized carbons (Fsp3) is 0.156. The Hall–Kier alpha value is -5.03. The Morgan fingerprint density at radius 2 is 1.53 bits per heavy atom. The van der Waals surface area contributed by atoms with E-state index in [4.69, 9.17) is 4.74 Å². The van der Waals surface area contributed by atoms with Crippen LogP contribution in [0.5, 0.6) is 5.75 Å². The van der Waals surface area contributed by atoms with E-state index in [1.807, 2.05) is 26.0 Å². The fourth-order valence-corrected chi connectivity index (χ4v) is 5.38. The van der Waals surface area contributed by atoms with Crippen molar-refractivity contribution in [3.05, 3.63) is 120 Å². The maximum Gasteiger partial charge on any atom is 0.264 e. The van der Waals surface area contributed by atoms with Gasteiger partial charge in [0.15, 0.2) is 6.61 Å². The van der Waals surface area contributed by atoms with Gasteiger partial charge in [0.2, 0.25) is 0 Å². The highest BCUT2D eigenvalue weighted by molar-refractivity contribution is 7.92. The molecule has 0 atom stereocenters. The molecule has 0 aliphatic heterocycles. The number of carbonyl (C=O) groups excluding carboxylic acids is 2. The largest absolute Gasteiger partial charge is 0.484 e. The van der Waals surface area contributed by atoms with Crippen molar-refractivity contribution >= 4 is 39.4 Å². The van der Waals surface area contributed by atoms with Gasteiger partial charge in [0.1, 0.15) is 18.1 Å². The average Bonchev–Trinajstić information content (AvgIpc) is 3.01. The molecule has 9 nitrogen and oxygen atoms in total. The van der Waals surface area contributed by atoms with E-state index in [2.05, 4.69) is 15.8 Å². The summed E-state index contributed by atoms with van der Waals surface area (Å²) in [6.45, 7) is 3.35. The summed E-state index contributed by atoms with van der Waals surface area (Å²) in [4.78, 5) is 24.9. The third-order valence-electron chi connectivity index (χ3n) is 6.25. The molecule has 0 fully saturated rings. The minimum atomic E-state index is -4.03. The second-order valence-corrected chi connectivity index (χ2v) is 11.6. The van der Waals surface area contributed by atoms with Crippen LogP contribution in [0, 0.1) is 5.82 Å². The molecule has 2 N–H and O–H groups in total. The number of halogens is 1. The molecule has 0 heterocycles. The SMILES string of the molecule is CC(C)c1ccc(N(CC(=O)N/N=C\c2ccc(OCC(=O)Nc3ccc(F)cc3)cc2)S(=O)(=O)c2ccccc2)cc1. The zero-order valence-corrected chi connectivity index (χ0v) is 24.4. The van der Waals surface area contributed by atoms with E-state index >= 15 is 0 Å². The van der Waals surface area contributed by atoms with Gasteiger partial charge in [0.05, 0.1) is 16.8 Å². The van der Waals surface area contributed by atoms with Gasteiger partial charge in [0.25, 0.3) is 21.8 Å². The predicted molar refractivity (Wildman–Crippen MR) is 164 cm³/mol. The molecule has 2 amide bonds. The van der Waals surface area contributed by atoms with Crippen LogP contribution in [0.3, 0.4) is 0 Å². The summed E-state index contributed by atoms with van der Waals surface area (Å²) in [6.07, 6.45) is 1.40. The third-order valence-corrected chi connectivity index (χ3v) is 8.04. The minimum absolute atomic E-state index is 0.0643. The van der Waals surface area contributed by atoms with Crippen molar-refractivity contribution in [3.8, 4) is 5.75 Å². The Labute approximate surface area is 250 Å². The van der Waals surface area contributed by atoms with Crippen molar-refractivity contribution in [3.63, 3.8) is 0 Å². The lowest BCUT2D eigenvalue weighted by atomic mass is 10.0. The second-order valence-electron chi connectivity index (χ2n) is 9.78. The van der Waals surface area contributed by atoms with E-state index in [-0.39, 0.29) is 17.4 Å². The van der Waals surface area contributed by atoms with E-state index in [0.717, 1.165) is 9.87 Å². The van der Waals surface area contributed by atoms with Crippen LogP contribution in [-0.4, -0.2) is 39.6 Å². The first-order valence-electron chi connectivity index (χ1n) is 13.4. The minimum Gasteiger partial charge on any atom is -0.484 e. The monoisotopic (exact) mass is 602 g/mol. The van der Waals surface area contributed by atoms with Gasteiger partial charge in [0, 0.05) is 5.69 Å². The van der Waals surface area contributed by atoms with Gasteiger partial charge in [-0.2, -0.15) is 5.10 Å². The summed E-state index contributed by atoms with van der Waals surface area (Å²) in [5, 5.41) is 6.56. The van der Waals surface area contributed by atoms with Crippen LogP contribution in [0.1, 0.15) is 30.9 Å². The van der Waals surface area contributed by atoms with Crippen LogP contribution < -0.4 is 19.8 Å². The number of anilines is 2. The van der Waals surface area contributed by atoms with E-state index in [0.29, 0.717) is 22.7 Å². The van der Waals surface area contributed by atoms with Gasteiger partial charge in [-0.15, -0.1) is 0 Å². The Morgan fingerprint density at radius 3 is 2.16 bits per heavy atom. The molecule has 0 aliphatic rings. The highest BCUT2D eigenvalue weighted by Crippen LogP contribution is 2.25. The molecule has 0 saturated carbocycles. The Kier molecular flexibility index (Phi) is 10.2. The number of hydrogen-bond acceptors (Lipinski definition) is 6. The molecule has 0 radical (unpaired) electrons. The molecule has 0 bridgehead atoms. The Bertz CT molecular complexity index is 1660. The van der Waals surface area contributed by atoms with Crippen molar-refractivity contribution in [1.82, 2.24) is 5.43 Å². The number of hydrogen-bond donors (Lipinski definition) is 2. The molecule has 4 rings (SSSR count). The molecule has 0 aliphatic carbocycles. The van der Waals surface area contributed by atoms with Gasteiger partial charge < -0.3 is 10.1 Å². The summed E-state index contributed by atoms with van der Waals surface area (Å²) < 4.78 is 46.5. The number of sulfonamides is 1. The number of ether oxygens (including phenoxy) is 1. The normalized spacial score (nSPS) is 11.3. The molecule has 0 saturated heterocycles. The maximum absolute atomic E-state index is 13.5. The fourth-order valence-electron chi connectivity index (χ4n) is 3.93. The molecule has 4 aromatic rings. The van der Waals surface area contributed by atoms with Crippen molar-refractivity contribution in [1.29, 1.82) is 0 Å². The summed E-state index contributed by atoms with van der Waals surface area (Å²) in [5.41, 5.74) is 4.86. The summed E-state index contributed by atoms with van der Waals surface area (Å²) in [6, 6.07) is 26.9. The zero-order chi connectivity index (χ0) is 30.8. The number of carbonyl (C=O) groups is 2. The van der Waals surface area contributed by atoms with E-state index in [9.17, 15) is 22.4 Å². The molecule has 0 aromatic heterocycles. The summed E-state index contributed by atoms with van der Waals surface area (Å²) in [5.74, 6) is -0.739. The highest BCUT2D eigenvalue weighted by atomic mass is 32.2. The lowest BCUT2D eigenvalue weighted by molar-refractivity contribution is -0.119. The van der Waals surface area contributed by atoms with Gasteiger partial charge >= 0.3 is 0 Å². The average molecular weight is 603 g/mol. The van der Waals surface area contributed by atoms with Crippen molar-refractivity contribution in [2.75, 3.05) is 22.8 Å². The van der Waals surface area contributed by atoms with Crippen LogP contribution in [0.25, 0.3) is 0 Å². The van der Waals surface area contributed by atoms with Gasteiger partial charge in [-0.3, -0.25) is 13.9 Å². The van der Waals surface area contributed by atoms with Crippen LogP contribution in [-0.2, 0) is 19.6 Å². The lowest BCUT2D eigenvalue weighted by Gasteiger charge is -2.24. The van der Waals surface area contributed by atoms with Gasteiger partial charge in [-0.1, -0.05) is 44.2 Å². The standard InChI is InChI=1S/C32H31FN4O5S/c1-23(2)25-10-16-28(17-11-25)37(43(40,41)30-6-4-3-5-7-30)21-31(38)36-34-20-24-8-18-29(19-9-24)42-22-32(39)35-27-14-12-26(33)13-15-27/h3-20,23H,21-22H2,1-2H3,(H,35,39)(H,36,38)/b34-20-. The number of nitrogens with zero attached hydrogens (tertiary/aromatic N) is 2. The molecule has 11 heteroatoms. The Morgan fingerprint density at radius 1 is 0.884 bits per heavy atom. The Balaban J connectivity index is 1.35. The maximum atomic E-state index is 13.5. The molecule has 222 valence electrons. The molecular formula is C32H31FN4O5S. The van der Waals surface area contributed by atoms with E-state index < -0.39 is 34.2 Å². The number of benzene rings is 4. The van der Waals surface area contributed by atoms with Crippen molar-refractivity contribution < 1.29 is 27.1 Å². The molecular weight excluding hydrogens is 571 g/mol. The number of rotatable bonds is 12. The topological polar surface area (TPSA) is 117 Å².